The quantitative estimate of drug-likeness (QED) is 0.414. The highest BCUT2D eigenvalue weighted by Crippen LogP contribution is 1.98. The highest BCUT2D eigenvalue weighted by atomic mass is 16.6. The molecule has 0 aliphatic rings. The summed E-state index contributed by atoms with van der Waals surface area (Å²) in [5.74, 6) is -0.349. The summed E-state index contributed by atoms with van der Waals surface area (Å²) in [6, 6.07) is 0. The fourth-order valence-corrected chi connectivity index (χ4v) is 1.07. The van der Waals surface area contributed by atoms with E-state index in [4.69, 9.17) is 9.47 Å². The van der Waals surface area contributed by atoms with Crippen molar-refractivity contribution in [1.29, 1.82) is 0 Å². The number of hydrogen-bond acceptors (Lipinski definition) is 4. The van der Waals surface area contributed by atoms with Gasteiger partial charge in [-0.05, 0) is 6.42 Å². The highest BCUT2D eigenvalue weighted by Gasteiger charge is 1.98. The van der Waals surface area contributed by atoms with Crippen molar-refractivity contribution in [3.8, 4) is 0 Å². The summed E-state index contributed by atoms with van der Waals surface area (Å²) >= 11 is 0. The lowest BCUT2D eigenvalue weighted by Crippen LogP contribution is -2.13. The Balaban J connectivity index is 2.95. The molecule has 0 aliphatic carbocycles. The van der Waals surface area contributed by atoms with Gasteiger partial charge in [0, 0.05) is 6.61 Å². The van der Waals surface area contributed by atoms with Crippen molar-refractivity contribution < 1.29 is 19.0 Å². The lowest BCUT2D eigenvalue weighted by molar-refractivity contribution is -0.146. The minimum Gasteiger partial charge on any atom is -0.467 e. The van der Waals surface area contributed by atoms with E-state index >= 15 is 0 Å². The van der Waals surface area contributed by atoms with E-state index in [2.05, 4.69) is 11.7 Å². The Hall–Kier alpha value is -0.610. The van der Waals surface area contributed by atoms with Gasteiger partial charge in [-0.2, -0.15) is 0 Å². The molecule has 90 valence electrons. The van der Waals surface area contributed by atoms with Gasteiger partial charge in [0.05, 0.1) is 20.3 Å². The molecule has 0 bridgehead atoms. The van der Waals surface area contributed by atoms with Crippen molar-refractivity contribution in [2.24, 2.45) is 0 Å². The Labute approximate surface area is 91.9 Å². The second-order valence-electron chi connectivity index (χ2n) is 3.30. The smallest absolute Gasteiger partial charge is 0.331 e. The second kappa shape index (κ2) is 11.5. The molecular weight excluding hydrogens is 196 g/mol. The zero-order chi connectivity index (χ0) is 11.4. The molecule has 0 aromatic carbocycles. The zero-order valence-electron chi connectivity index (χ0n) is 9.79. The van der Waals surface area contributed by atoms with Crippen LogP contribution in [0.3, 0.4) is 0 Å². The number of rotatable bonds is 10. The maximum atomic E-state index is 10.6. The molecule has 0 saturated carbocycles. The van der Waals surface area contributed by atoms with E-state index < -0.39 is 0 Å². The first-order valence-corrected chi connectivity index (χ1v) is 5.53. The van der Waals surface area contributed by atoms with E-state index in [0.717, 1.165) is 13.0 Å². The van der Waals surface area contributed by atoms with Gasteiger partial charge < -0.3 is 14.2 Å². The molecule has 4 nitrogen and oxygen atoms in total. The van der Waals surface area contributed by atoms with Crippen LogP contribution >= 0.6 is 0 Å². The van der Waals surface area contributed by atoms with Gasteiger partial charge in [-0.25, -0.2) is 4.79 Å². The van der Waals surface area contributed by atoms with Gasteiger partial charge in [0.2, 0.25) is 0 Å². The van der Waals surface area contributed by atoms with Gasteiger partial charge >= 0.3 is 5.97 Å². The van der Waals surface area contributed by atoms with Gasteiger partial charge in [-0.3, -0.25) is 0 Å². The molecule has 0 heterocycles. The molecule has 0 aromatic rings. The summed E-state index contributed by atoms with van der Waals surface area (Å²) in [5.41, 5.74) is 0. The fourth-order valence-electron chi connectivity index (χ4n) is 1.07. The number of methoxy groups -OCH3 is 1. The van der Waals surface area contributed by atoms with Crippen molar-refractivity contribution in [2.75, 3.05) is 33.5 Å². The average Bonchev–Trinajstić information content (AvgIpc) is 2.26. The van der Waals surface area contributed by atoms with E-state index in [-0.39, 0.29) is 12.6 Å². The van der Waals surface area contributed by atoms with Gasteiger partial charge in [0.15, 0.2) is 0 Å². The molecule has 0 saturated heterocycles. The van der Waals surface area contributed by atoms with Crippen LogP contribution in [0.1, 0.15) is 32.6 Å². The number of ether oxygens (including phenoxy) is 3. The van der Waals surface area contributed by atoms with E-state index in [1.54, 1.807) is 0 Å². The Morgan fingerprint density at radius 1 is 1.00 bits per heavy atom. The first kappa shape index (κ1) is 14.4. The van der Waals surface area contributed by atoms with E-state index in [1.165, 1.54) is 26.4 Å². The average molecular weight is 218 g/mol. The topological polar surface area (TPSA) is 44.8 Å². The predicted octanol–water partition coefficient (Wildman–Crippen LogP) is 1.77. The van der Waals surface area contributed by atoms with Crippen molar-refractivity contribution in [2.45, 2.75) is 32.6 Å². The maximum Gasteiger partial charge on any atom is 0.331 e. The summed E-state index contributed by atoms with van der Waals surface area (Å²) in [6.45, 7) is 3.96. The van der Waals surface area contributed by atoms with Crippen LogP contribution < -0.4 is 0 Å². The van der Waals surface area contributed by atoms with Crippen LogP contribution in [0.2, 0.25) is 0 Å². The molecular formula is C11H22O4. The summed E-state index contributed by atoms with van der Waals surface area (Å²) in [4.78, 5) is 10.6. The van der Waals surface area contributed by atoms with Crippen LogP contribution in [0.4, 0.5) is 0 Å². The Bertz CT molecular complexity index is 148. The maximum absolute atomic E-state index is 10.6. The lowest BCUT2D eigenvalue weighted by atomic mass is 10.2. The SMILES string of the molecule is CCCCCCOCCOCC(=O)OC. The monoisotopic (exact) mass is 218 g/mol. The normalized spacial score (nSPS) is 10.3. The molecule has 0 N–H and O–H groups in total. The van der Waals surface area contributed by atoms with Crippen molar-refractivity contribution in [3.05, 3.63) is 0 Å². The number of carbonyl (C=O) groups excluding carboxylic acids is 1. The van der Waals surface area contributed by atoms with Gasteiger partial charge in [-0.1, -0.05) is 26.2 Å². The first-order chi connectivity index (χ1) is 7.31. The zero-order valence-corrected chi connectivity index (χ0v) is 9.79. The fraction of sp³-hybridized carbons (Fsp3) is 0.909. The van der Waals surface area contributed by atoms with Crippen LogP contribution in [-0.2, 0) is 19.0 Å². The third-order valence-electron chi connectivity index (χ3n) is 1.96. The van der Waals surface area contributed by atoms with Crippen LogP contribution in [0, 0.1) is 0 Å². The number of hydrogen-bond donors (Lipinski definition) is 0. The van der Waals surface area contributed by atoms with E-state index in [1.807, 2.05) is 0 Å². The van der Waals surface area contributed by atoms with Gasteiger partial charge in [0.1, 0.15) is 6.61 Å². The second-order valence-corrected chi connectivity index (χ2v) is 3.30. The largest absolute Gasteiger partial charge is 0.467 e. The molecule has 0 fully saturated rings. The number of unbranched alkanes of at least 4 members (excludes halogenated alkanes) is 3. The Morgan fingerprint density at radius 2 is 1.73 bits per heavy atom. The molecule has 0 atom stereocenters. The van der Waals surface area contributed by atoms with E-state index in [9.17, 15) is 4.79 Å². The minimum atomic E-state index is -0.349. The summed E-state index contributed by atoms with van der Waals surface area (Å²) in [7, 11) is 1.34. The number of esters is 1. The summed E-state index contributed by atoms with van der Waals surface area (Å²) in [6.07, 6.45) is 4.83. The van der Waals surface area contributed by atoms with Crippen LogP contribution in [0.25, 0.3) is 0 Å². The molecule has 4 heteroatoms. The third kappa shape index (κ3) is 11.3. The van der Waals surface area contributed by atoms with Crippen LogP contribution in [0.5, 0.6) is 0 Å². The van der Waals surface area contributed by atoms with Crippen molar-refractivity contribution in [3.63, 3.8) is 0 Å². The highest BCUT2D eigenvalue weighted by molar-refractivity contribution is 5.70. The molecule has 0 aromatic heterocycles. The van der Waals surface area contributed by atoms with E-state index in [0.29, 0.717) is 13.2 Å². The van der Waals surface area contributed by atoms with Crippen LogP contribution in [-0.4, -0.2) is 39.5 Å². The van der Waals surface area contributed by atoms with Gasteiger partial charge in [-0.15, -0.1) is 0 Å². The minimum absolute atomic E-state index is 0.00962. The summed E-state index contributed by atoms with van der Waals surface area (Å²) < 4.78 is 14.8. The van der Waals surface area contributed by atoms with Gasteiger partial charge in [0.25, 0.3) is 0 Å². The van der Waals surface area contributed by atoms with Crippen LogP contribution in [0.15, 0.2) is 0 Å². The third-order valence-corrected chi connectivity index (χ3v) is 1.96. The summed E-state index contributed by atoms with van der Waals surface area (Å²) in [5, 5.41) is 0. The lowest BCUT2D eigenvalue weighted by Gasteiger charge is -2.04. The molecule has 15 heavy (non-hydrogen) atoms. The molecule has 0 aliphatic heterocycles. The number of carbonyl (C=O) groups is 1. The standard InChI is InChI=1S/C11H22O4/c1-3-4-5-6-7-14-8-9-15-10-11(12)13-2/h3-10H2,1-2H3. The Kier molecular flexibility index (Phi) is 11.0. The molecule has 0 rings (SSSR count). The predicted molar refractivity (Wildman–Crippen MR) is 57.8 cm³/mol. The Morgan fingerprint density at radius 3 is 2.40 bits per heavy atom. The van der Waals surface area contributed by atoms with Crippen molar-refractivity contribution >= 4 is 5.97 Å². The molecule has 0 radical (unpaired) electrons. The first-order valence-electron chi connectivity index (χ1n) is 5.53. The van der Waals surface area contributed by atoms with Crippen molar-refractivity contribution in [1.82, 2.24) is 0 Å². The molecule has 0 spiro atoms. The molecule has 0 amide bonds. The molecule has 0 unspecified atom stereocenters.